The number of hydrogen-bond acceptors (Lipinski definition) is 4. The van der Waals surface area contributed by atoms with E-state index in [-0.39, 0.29) is 6.61 Å². The number of aldehydes is 1. The summed E-state index contributed by atoms with van der Waals surface area (Å²) in [5.74, 6) is 0. The lowest BCUT2D eigenvalue weighted by Gasteiger charge is -2.07. The lowest BCUT2D eigenvalue weighted by atomic mass is 10.2. The quantitative estimate of drug-likeness (QED) is 0.563. The molecule has 0 spiro atoms. The van der Waals surface area contributed by atoms with E-state index in [0.717, 1.165) is 5.56 Å². The molecule has 1 rings (SSSR count). The summed E-state index contributed by atoms with van der Waals surface area (Å²) in [6, 6.07) is 8.99. The summed E-state index contributed by atoms with van der Waals surface area (Å²) in [6.45, 7) is 0.704. The normalized spacial score (nSPS) is 11.6. The highest BCUT2D eigenvalue weighted by atomic mass is 16.5. The zero-order valence-electron chi connectivity index (χ0n) is 10.2. The molecule has 0 fully saturated rings. The molecule has 98 valence electrons. The van der Waals surface area contributed by atoms with Crippen molar-refractivity contribution in [3.63, 3.8) is 0 Å². The monoisotopic (exact) mass is 250 g/mol. The smallest absolute Gasteiger partial charge is 0.407 e. The van der Waals surface area contributed by atoms with Crippen molar-refractivity contribution in [3.05, 3.63) is 35.9 Å². The Hall–Kier alpha value is -1.88. The van der Waals surface area contributed by atoms with E-state index < -0.39 is 12.1 Å². The third-order valence-electron chi connectivity index (χ3n) is 2.37. The second kappa shape index (κ2) is 8.25. The van der Waals surface area contributed by atoms with E-state index in [1.54, 1.807) is 0 Å². The Morgan fingerprint density at radius 2 is 2.11 bits per heavy atom. The van der Waals surface area contributed by atoms with Crippen LogP contribution in [-0.2, 0) is 16.1 Å². The minimum absolute atomic E-state index is 0.251. The number of nitrogens with one attached hydrogen (secondary N) is 1. The van der Waals surface area contributed by atoms with Crippen LogP contribution in [0.3, 0.4) is 0 Å². The van der Waals surface area contributed by atoms with E-state index in [1.807, 2.05) is 30.3 Å². The van der Waals surface area contributed by atoms with Crippen molar-refractivity contribution in [2.45, 2.75) is 25.5 Å². The first kappa shape index (κ1) is 14.2. The van der Waals surface area contributed by atoms with Gasteiger partial charge in [-0.2, -0.15) is 0 Å². The van der Waals surface area contributed by atoms with Gasteiger partial charge in [-0.1, -0.05) is 30.3 Å². The summed E-state index contributed by atoms with van der Waals surface area (Å²) in [5, 5.41) is 2.60. The van der Waals surface area contributed by atoms with Crippen LogP contribution in [0.1, 0.15) is 18.4 Å². The van der Waals surface area contributed by atoms with E-state index in [9.17, 15) is 9.59 Å². The van der Waals surface area contributed by atoms with Crippen molar-refractivity contribution in [1.82, 2.24) is 5.32 Å². The molecule has 3 N–H and O–H groups in total. The summed E-state index contributed by atoms with van der Waals surface area (Å²) < 4.78 is 5.01. The molecule has 0 saturated heterocycles. The van der Waals surface area contributed by atoms with Crippen molar-refractivity contribution in [1.29, 1.82) is 0 Å². The molecular formula is C13H18N2O3. The SMILES string of the molecule is NC(C=O)CCCNC(=O)OCc1ccccc1. The molecule has 1 aromatic carbocycles. The third-order valence-corrected chi connectivity index (χ3v) is 2.37. The number of hydrogen-bond donors (Lipinski definition) is 2. The van der Waals surface area contributed by atoms with Crippen molar-refractivity contribution < 1.29 is 14.3 Å². The second-order valence-electron chi connectivity index (χ2n) is 3.93. The first-order valence-electron chi connectivity index (χ1n) is 5.88. The average Bonchev–Trinajstić information content (AvgIpc) is 2.42. The minimum atomic E-state index is -0.460. The van der Waals surface area contributed by atoms with Gasteiger partial charge in [-0.15, -0.1) is 0 Å². The van der Waals surface area contributed by atoms with Gasteiger partial charge < -0.3 is 20.6 Å². The van der Waals surface area contributed by atoms with Crippen molar-refractivity contribution in [2.75, 3.05) is 6.54 Å². The standard InChI is InChI=1S/C13H18N2O3/c14-12(9-16)7-4-8-15-13(17)18-10-11-5-2-1-3-6-11/h1-3,5-6,9,12H,4,7-8,10,14H2,(H,15,17). The number of ether oxygens (including phenoxy) is 1. The van der Waals surface area contributed by atoms with Crippen LogP contribution < -0.4 is 11.1 Å². The van der Waals surface area contributed by atoms with Crippen molar-refractivity contribution in [3.8, 4) is 0 Å². The highest BCUT2D eigenvalue weighted by molar-refractivity contribution is 5.67. The first-order chi connectivity index (χ1) is 8.72. The molecule has 1 aromatic rings. The van der Waals surface area contributed by atoms with Gasteiger partial charge in [-0.3, -0.25) is 0 Å². The maximum absolute atomic E-state index is 11.3. The Bertz CT molecular complexity index is 368. The fraction of sp³-hybridized carbons (Fsp3) is 0.385. The largest absolute Gasteiger partial charge is 0.445 e. The fourth-order valence-corrected chi connectivity index (χ4v) is 1.37. The topological polar surface area (TPSA) is 81.4 Å². The van der Waals surface area contributed by atoms with Gasteiger partial charge in [0.1, 0.15) is 12.9 Å². The molecule has 0 heterocycles. The van der Waals surface area contributed by atoms with Crippen LogP contribution >= 0.6 is 0 Å². The van der Waals surface area contributed by atoms with Crippen LogP contribution in [0, 0.1) is 0 Å². The molecule has 5 nitrogen and oxygen atoms in total. The van der Waals surface area contributed by atoms with Gasteiger partial charge in [0.25, 0.3) is 0 Å². The third kappa shape index (κ3) is 6.00. The van der Waals surface area contributed by atoms with Crippen LogP contribution in [0.25, 0.3) is 0 Å². The molecule has 0 aromatic heterocycles. The zero-order valence-corrected chi connectivity index (χ0v) is 10.2. The van der Waals surface area contributed by atoms with E-state index in [4.69, 9.17) is 10.5 Å². The number of alkyl carbamates (subject to hydrolysis) is 1. The van der Waals surface area contributed by atoms with Crippen molar-refractivity contribution in [2.24, 2.45) is 5.73 Å². The molecule has 0 saturated carbocycles. The van der Waals surface area contributed by atoms with Gasteiger partial charge in [-0.25, -0.2) is 4.79 Å². The van der Waals surface area contributed by atoms with Crippen LogP contribution in [0.4, 0.5) is 4.79 Å². The lowest BCUT2D eigenvalue weighted by molar-refractivity contribution is -0.109. The first-order valence-corrected chi connectivity index (χ1v) is 5.88. The van der Waals surface area contributed by atoms with Gasteiger partial charge in [0.2, 0.25) is 0 Å². The Morgan fingerprint density at radius 1 is 1.39 bits per heavy atom. The summed E-state index contributed by atoms with van der Waals surface area (Å²) in [7, 11) is 0. The summed E-state index contributed by atoms with van der Waals surface area (Å²) in [6.07, 6.45) is 1.45. The molecular weight excluding hydrogens is 232 g/mol. The van der Waals surface area contributed by atoms with Crippen LogP contribution in [-0.4, -0.2) is 25.0 Å². The molecule has 18 heavy (non-hydrogen) atoms. The van der Waals surface area contributed by atoms with Gasteiger partial charge in [0, 0.05) is 6.54 Å². The molecule has 0 radical (unpaired) electrons. The average molecular weight is 250 g/mol. The number of nitrogens with two attached hydrogens (primary N) is 1. The fourth-order valence-electron chi connectivity index (χ4n) is 1.37. The molecule has 5 heteroatoms. The van der Waals surface area contributed by atoms with Crippen LogP contribution in [0.5, 0.6) is 0 Å². The summed E-state index contributed by atoms with van der Waals surface area (Å²) in [5.41, 5.74) is 6.35. The van der Waals surface area contributed by atoms with Gasteiger partial charge in [0.05, 0.1) is 6.04 Å². The highest BCUT2D eigenvalue weighted by Gasteiger charge is 2.03. The predicted octanol–water partition coefficient (Wildman–Crippen LogP) is 1.22. The summed E-state index contributed by atoms with van der Waals surface area (Å²) in [4.78, 5) is 21.6. The minimum Gasteiger partial charge on any atom is -0.445 e. The molecule has 0 aliphatic carbocycles. The Morgan fingerprint density at radius 3 is 2.78 bits per heavy atom. The zero-order chi connectivity index (χ0) is 13.2. The highest BCUT2D eigenvalue weighted by Crippen LogP contribution is 2.00. The molecule has 0 aliphatic rings. The number of benzene rings is 1. The van der Waals surface area contributed by atoms with E-state index in [2.05, 4.69) is 5.32 Å². The lowest BCUT2D eigenvalue weighted by Crippen LogP contribution is -2.28. The predicted molar refractivity (Wildman–Crippen MR) is 67.9 cm³/mol. The molecule has 0 bridgehead atoms. The van der Waals surface area contributed by atoms with E-state index >= 15 is 0 Å². The maximum Gasteiger partial charge on any atom is 0.407 e. The number of amides is 1. The summed E-state index contributed by atoms with van der Waals surface area (Å²) >= 11 is 0. The molecule has 0 aliphatic heterocycles. The van der Waals surface area contributed by atoms with Gasteiger partial charge in [0.15, 0.2) is 0 Å². The molecule has 1 amide bonds. The second-order valence-corrected chi connectivity index (χ2v) is 3.93. The van der Waals surface area contributed by atoms with E-state index in [0.29, 0.717) is 25.7 Å². The Balaban J connectivity index is 2.09. The van der Waals surface area contributed by atoms with Crippen LogP contribution in [0.15, 0.2) is 30.3 Å². The number of carbonyl (C=O) groups excluding carboxylic acids is 2. The van der Waals surface area contributed by atoms with E-state index in [1.165, 1.54) is 0 Å². The molecule has 1 unspecified atom stereocenters. The van der Waals surface area contributed by atoms with Gasteiger partial charge in [-0.05, 0) is 18.4 Å². The van der Waals surface area contributed by atoms with Gasteiger partial charge >= 0.3 is 6.09 Å². The Labute approximate surface area is 106 Å². The molecule has 1 atom stereocenters. The van der Waals surface area contributed by atoms with Crippen molar-refractivity contribution >= 4 is 12.4 Å². The number of carbonyl (C=O) groups is 2. The maximum atomic E-state index is 11.3. The van der Waals surface area contributed by atoms with Crippen LogP contribution in [0.2, 0.25) is 0 Å². The number of rotatable bonds is 7. The Kier molecular flexibility index (Phi) is 6.50.